The van der Waals surface area contributed by atoms with E-state index in [4.69, 9.17) is 10.8 Å². The van der Waals surface area contributed by atoms with Crippen LogP contribution >= 0.6 is 0 Å². The Kier molecular flexibility index (Phi) is 5.70. The summed E-state index contributed by atoms with van der Waals surface area (Å²) in [5.41, 5.74) is 10.2. The van der Waals surface area contributed by atoms with Gasteiger partial charge >= 0.3 is 0 Å². The van der Waals surface area contributed by atoms with Crippen LogP contribution in [0.2, 0.25) is 0 Å². The van der Waals surface area contributed by atoms with Crippen molar-refractivity contribution in [1.29, 1.82) is 0 Å². The second-order valence-electron chi connectivity index (χ2n) is 8.27. The Hall–Kier alpha value is -3.85. The fraction of sp³-hybridized carbons (Fsp3) is 0.292. The van der Waals surface area contributed by atoms with E-state index in [-0.39, 0.29) is 12.5 Å². The number of fused-ring (bicyclic) bond motifs is 1. The second kappa shape index (κ2) is 8.95. The van der Waals surface area contributed by atoms with Gasteiger partial charge in [-0.3, -0.25) is 14.8 Å². The molecule has 0 aromatic carbocycles. The highest BCUT2D eigenvalue weighted by Crippen LogP contribution is 2.29. The normalized spacial score (nSPS) is 14.6. The molecule has 33 heavy (non-hydrogen) atoms. The van der Waals surface area contributed by atoms with Crippen molar-refractivity contribution in [3.63, 3.8) is 0 Å². The first-order chi connectivity index (χ1) is 16.1. The van der Waals surface area contributed by atoms with Crippen molar-refractivity contribution in [2.75, 3.05) is 25.4 Å². The number of amides is 1. The number of piperidine rings is 1. The molecule has 5 rings (SSSR count). The van der Waals surface area contributed by atoms with Crippen molar-refractivity contribution in [2.45, 2.75) is 19.3 Å². The number of likely N-dealkylation sites (tertiary alicyclic amines) is 1. The van der Waals surface area contributed by atoms with Gasteiger partial charge in [-0.15, -0.1) is 5.10 Å². The van der Waals surface area contributed by atoms with E-state index in [9.17, 15) is 4.79 Å². The standard InChI is InChI=1S/C24H25N7O2/c25-22-21(20-3-1-2-9-26-20)23-28-14-18(15-31(23)29-22)19-5-4-17(13-27-19)24(33)30-10-6-16(7-11-30)8-12-32/h1-5,9,13-16,32H,6-8,10-12H2,(H2,25,29). The minimum atomic E-state index is -0.00933. The first-order valence-electron chi connectivity index (χ1n) is 11.1. The molecule has 4 aromatic heterocycles. The van der Waals surface area contributed by atoms with Gasteiger partial charge < -0.3 is 15.7 Å². The van der Waals surface area contributed by atoms with Crippen molar-refractivity contribution >= 4 is 17.4 Å². The predicted octanol–water partition coefficient (Wildman–Crippen LogP) is 2.67. The molecule has 1 amide bonds. The summed E-state index contributed by atoms with van der Waals surface area (Å²) in [6.07, 6.45) is 9.52. The third-order valence-corrected chi connectivity index (χ3v) is 6.17. The molecule has 1 saturated heterocycles. The summed E-state index contributed by atoms with van der Waals surface area (Å²) in [6.45, 7) is 1.64. The molecular formula is C24H25N7O2. The van der Waals surface area contributed by atoms with Crippen LogP contribution in [0.5, 0.6) is 0 Å². The molecule has 0 spiro atoms. The maximum Gasteiger partial charge on any atom is 0.255 e. The number of pyridine rings is 2. The fourth-order valence-corrected chi connectivity index (χ4v) is 4.32. The summed E-state index contributed by atoms with van der Waals surface area (Å²) >= 11 is 0. The van der Waals surface area contributed by atoms with Gasteiger partial charge in [0.1, 0.15) is 0 Å². The monoisotopic (exact) mass is 443 g/mol. The van der Waals surface area contributed by atoms with Crippen LogP contribution in [-0.4, -0.2) is 60.2 Å². The SMILES string of the molecule is Nc1nn2cc(-c3ccc(C(=O)N4CCC(CCO)CC4)cn3)cnc2c1-c1ccccn1. The molecule has 0 saturated carbocycles. The highest BCUT2D eigenvalue weighted by molar-refractivity contribution is 5.94. The predicted molar refractivity (Wildman–Crippen MR) is 124 cm³/mol. The van der Waals surface area contributed by atoms with E-state index >= 15 is 0 Å². The number of anilines is 1. The van der Waals surface area contributed by atoms with Gasteiger partial charge in [0.15, 0.2) is 11.5 Å². The molecule has 0 radical (unpaired) electrons. The molecule has 0 unspecified atom stereocenters. The van der Waals surface area contributed by atoms with Crippen LogP contribution in [0.3, 0.4) is 0 Å². The molecule has 1 fully saturated rings. The summed E-state index contributed by atoms with van der Waals surface area (Å²) in [5.74, 6) is 0.844. The van der Waals surface area contributed by atoms with Gasteiger partial charge in [-0.25, -0.2) is 9.50 Å². The maximum atomic E-state index is 12.9. The Bertz CT molecular complexity index is 1260. The largest absolute Gasteiger partial charge is 0.396 e. The van der Waals surface area contributed by atoms with Crippen LogP contribution in [0.15, 0.2) is 55.1 Å². The molecule has 1 aliphatic rings. The molecule has 168 valence electrons. The number of aromatic nitrogens is 5. The molecular weight excluding hydrogens is 418 g/mol. The van der Waals surface area contributed by atoms with Gasteiger partial charge in [-0.1, -0.05) is 6.07 Å². The van der Waals surface area contributed by atoms with E-state index in [1.165, 1.54) is 0 Å². The smallest absolute Gasteiger partial charge is 0.255 e. The Morgan fingerprint density at radius 2 is 1.91 bits per heavy atom. The summed E-state index contributed by atoms with van der Waals surface area (Å²) in [4.78, 5) is 28.1. The highest BCUT2D eigenvalue weighted by atomic mass is 16.3. The lowest BCUT2D eigenvalue weighted by molar-refractivity contribution is 0.0677. The summed E-state index contributed by atoms with van der Waals surface area (Å²) < 4.78 is 1.63. The average Bonchev–Trinajstić information content (AvgIpc) is 3.20. The maximum absolute atomic E-state index is 12.9. The third-order valence-electron chi connectivity index (χ3n) is 6.17. The molecule has 3 N–H and O–H groups in total. The van der Waals surface area contributed by atoms with Crippen LogP contribution < -0.4 is 5.73 Å². The highest BCUT2D eigenvalue weighted by Gasteiger charge is 2.23. The lowest BCUT2D eigenvalue weighted by atomic mass is 9.93. The number of aliphatic hydroxyl groups excluding tert-OH is 1. The summed E-state index contributed by atoms with van der Waals surface area (Å²) in [6, 6.07) is 9.22. The number of hydrogen-bond acceptors (Lipinski definition) is 7. The van der Waals surface area contributed by atoms with Gasteiger partial charge in [0.2, 0.25) is 0 Å². The van der Waals surface area contributed by atoms with Gasteiger partial charge in [-0.2, -0.15) is 0 Å². The number of carbonyl (C=O) groups excluding carboxylic acids is 1. The van der Waals surface area contributed by atoms with Crippen molar-refractivity contribution < 1.29 is 9.90 Å². The van der Waals surface area contributed by atoms with Crippen LogP contribution in [0.1, 0.15) is 29.6 Å². The number of nitrogens with two attached hydrogens (primary N) is 1. The van der Waals surface area contributed by atoms with Crippen molar-refractivity contribution in [3.05, 3.63) is 60.7 Å². The van der Waals surface area contributed by atoms with E-state index in [2.05, 4.69) is 20.1 Å². The van der Waals surface area contributed by atoms with E-state index in [0.717, 1.165) is 24.8 Å². The first-order valence-corrected chi connectivity index (χ1v) is 11.1. The Balaban J connectivity index is 1.35. The van der Waals surface area contributed by atoms with Gasteiger partial charge in [0, 0.05) is 50.0 Å². The number of carbonyl (C=O) groups is 1. The van der Waals surface area contributed by atoms with Gasteiger partial charge in [0.25, 0.3) is 5.91 Å². The number of aliphatic hydroxyl groups is 1. The fourth-order valence-electron chi connectivity index (χ4n) is 4.32. The van der Waals surface area contributed by atoms with Crippen LogP contribution in [-0.2, 0) is 0 Å². The average molecular weight is 444 g/mol. The molecule has 1 aliphatic heterocycles. The van der Waals surface area contributed by atoms with Crippen LogP contribution in [0.4, 0.5) is 5.82 Å². The van der Waals surface area contributed by atoms with Crippen LogP contribution in [0, 0.1) is 5.92 Å². The van der Waals surface area contributed by atoms with E-state index in [1.54, 1.807) is 29.2 Å². The molecule has 0 aliphatic carbocycles. The lowest BCUT2D eigenvalue weighted by Gasteiger charge is -2.31. The Morgan fingerprint density at radius 3 is 2.61 bits per heavy atom. The zero-order valence-electron chi connectivity index (χ0n) is 18.1. The number of nitrogens with zero attached hydrogens (tertiary/aromatic N) is 6. The van der Waals surface area contributed by atoms with E-state index in [0.29, 0.717) is 53.0 Å². The number of rotatable bonds is 5. The summed E-state index contributed by atoms with van der Waals surface area (Å²) in [5, 5.41) is 13.5. The first kappa shape index (κ1) is 21.0. The zero-order chi connectivity index (χ0) is 22.8. The summed E-state index contributed by atoms with van der Waals surface area (Å²) in [7, 11) is 0. The molecule has 5 heterocycles. The Labute approximate surface area is 190 Å². The molecule has 9 nitrogen and oxygen atoms in total. The lowest BCUT2D eigenvalue weighted by Crippen LogP contribution is -2.38. The van der Waals surface area contributed by atoms with Crippen molar-refractivity contribution in [3.8, 4) is 22.5 Å². The van der Waals surface area contributed by atoms with E-state index < -0.39 is 0 Å². The zero-order valence-corrected chi connectivity index (χ0v) is 18.1. The molecule has 0 atom stereocenters. The molecule has 9 heteroatoms. The minimum absolute atomic E-state index is 0.00933. The van der Waals surface area contributed by atoms with Crippen LogP contribution in [0.25, 0.3) is 28.2 Å². The topological polar surface area (TPSA) is 123 Å². The Morgan fingerprint density at radius 1 is 1.06 bits per heavy atom. The molecule has 0 bridgehead atoms. The number of nitrogen functional groups attached to an aromatic ring is 1. The second-order valence-corrected chi connectivity index (χ2v) is 8.27. The van der Waals surface area contributed by atoms with Gasteiger partial charge in [0.05, 0.1) is 22.5 Å². The minimum Gasteiger partial charge on any atom is -0.396 e. The van der Waals surface area contributed by atoms with Gasteiger partial charge in [-0.05, 0) is 49.4 Å². The number of hydrogen-bond donors (Lipinski definition) is 2. The third kappa shape index (κ3) is 4.14. The van der Waals surface area contributed by atoms with Crippen molar-refractivity contribution in [1.82, 2.24) is 29.5 Å². The molecule has 4 aromatic rings. The van der Waals surface area contributed by atoms with Crippen molar-refractivity contribution in [2.24, 2.45) is 5.92 Å². The van der Waals surface area contributed by atoms with E-state index in [1.807, 2.05) is 35.4 Å². The quantitative estimate of drug-likeness (QED) is 0.486.